The summed E-state index contributed by atoms with van der Waals surface area (Å²) >= 11 is 3.32. The number of imide groups is 1. The van der Waals surface area contributed by atoms with Gasteiger partial charge in [-0.05, 0) is 61.4 Å². The third kappa shape index (κ3) is 4.28. The summed E-state index contributed by atoms with van der Waals surface area (Å²) in [5.41, 5.74) is 0.881. The lowest BCUT2D eigenvalue weighted by molar-refractivity contribution is -0.122. The molecule has 1 N–H and O–H groups in total. The smallest absolute Gasteiger partial charge is 0.252 e. The molecular weight excluding hydrogens is 486 g/mol. The van der Waals surface area contributed by atoms with Gasteiger partial charge in [0.15, 0.2) is 0 Å². The highest BCUT2D eigenvalue weighted by Gasteiger charge is 2.51. The van der Waals surface area contributed by atoms with Crippen LogP contribution < -0.4 is 10.2 Å². The van der Waals surface area contributed by atoms with Gasteiger partial charge in [0.2, 0.25) is 21.8 Å². The van der Waals surface area contributed by atoms with E-state index in [1.165, 1.54) is 35.5 Å². The number of carbonyl (C=O) groups is 3. The summed E-state index contributed by atoms with van der Waals surface area (Å²) in [5.74, 6) is -1.24. The van der Waals surface area contributed by atoms with Crippen molar-refractivity contribution in [2.24, 2.45) is 0 Å². The van der Waals surface area contributed by atoms with Gasteiger partial charge in [-0.3, -0.25) is 14.4 Å². The third-order valence-corrected chi connectivity index (χ3v) is 7.68. The Bertz CT molecular complexity index is 1140. The molecule has 1 atom stereocenters. The summed E-state index contributed by atoms with van der Waals surface area (Å²) in [4.78, 5) is 38.1. The first-order valence-corrected chi connectivity index (χ1v) is 12.0. The van der Waals surface area contributed by atoms with E-state index in [2.05, 4.69) is 21.2 Å². The summed E-state index contributed by atoms with van der Waals surface area (Å²) in [6, 6.07) is 11.1. The van der Waals surface area contributed by atoms with Crippen LogP contribution in [-0.4, -0.2) is 42.5 Å². The van der Waals surface area contributed by atoms with E-state index in [1.807, 2.05) is 0 Å². The minimum absolute atomic E-state index is 0.0100. The largest absolute Gasteiger partial charge is 0.326 e. The predicted octanol–water partition coefficient (Wildman–Crippen LogP) is 2.89. The first kappa shape index (κ1) is 21.7. The van der Waals surface area contributed by atoms with Crippen LogP contribution in [0.1, 0.15) is 26.2 Å². The number of hydrogen-bond acceptors (Lipinski definition) is 5. The predicted molar refractivity (Wildman–Crippen MR) is 118 cm³/mol. The topological polar surface area (TPSA) is 104 Å². The fourth-order valence-electron chi connectivity index (χ4n) is 3.66. The maximum atomic E-state index is 13.4. The van der Waals surface area contributed by atoms with Crippen molar-refractivity contribution in [1.82, 2.24) is 4.31 Å². The monoisotopic (exact) mass is 505 g/mol. The van der Waals surface area contributed by atoms with Crippen molar-refractivity contribution < 1.29 is 22.8 Å². The number of amides is 3. The second-order valence-corrected chi connectivity index (χ2v) is 10.3. The summed E-state index contributed by atoms with van der Waals surface area (Å²) < 4.78 is 28.8. The van der Waals surface area contributed by atoms with Crippen LogP contribution in [0.15, 0.2) is 57.9 Å². The number of sulfonamides is 1. The number of hydrogen-bond donors (Lipinski definition) is 1. The molecule has 0 radical (unpaired) electrons. The van der Waals surface area contributed by atoms with Crippen molar-refractivity contribution >= 4 is 55.0 Å². The fraction of sp³-hybridized carbons (Fsp3) is 0.286. The average Bonchev–Trinajstić information content (AvgIpc) is 3.49. The maximum absolute atomic E-state index is 13.4. The standard InChI is InChI=1S/C21H20BrN3O5S/c1-13(26)23-15-4-10-18(11-5-15)31(29,30)25(17-8-9-17)19-12-20(27)24(21(19)28)16-6-2-14(22)3-7-16/h2-7,10-11,17,19H,8-9,12H2,1H3,(H,23,26). The van der Waals surface area contributed by atoms with Crippen LogP contribution in [0.25, 0.3) is 0 Å². The van der Waals surface area contributed by atoms with Gasteiger partial charge in [0.25, 0.3) is 5.91 Å². The SMILES string of the molecule is CC(=O)Nc1ccc(S(=O)(=O)N(C2CC2)C2CC(=O)N(c3ccc(Br)cc3)C2=O)cc1. The molecule has 0 bridgehead atoms. The molecule has 1 saturated heterocycles. The fourth-order valence-corrected chi connectivity index (χ4v) is 5.75. The number of nitrogens with one attached hydrogen (secondary N) is 1. The van der Waals surface area contributed by atoms with Crippen LogP contribution >= 0.6 is 15.9 Å². The molecule has 1 saturated carbocycles. The quantitative estimate of drug-likeness (QED) is 0.607. The molecule has 8 nitrogen and oxygen atoms in total. The number of anilines is 2. The molecule has 2 aromatic carbocycles. The number of halogens is 1. The molecule has 2 aliphatic rings. The van der Waals surface area contributed by atoms with Gasteiger partial charge in [-0.2, -0.15) is 4.31 Å². The average molecular weight is 506 g/mol. The Hall–Kier alpha value is -2.56. The van der Waals surface area contributed by atoms with Crippen molar-refractivity contribution in [2.45, 2.75) is 43.2 Å². The molecule has 0 spiro atoms. The zero-order chi connectivity index (χ0) is 22.3. The molecule has 2 aromatic rings. The van der Waals surface area contributed by atoms with Gasteiger partial charge in [0, 0.05) is 23.1 Å². The van der Waals surface area contributed by atoms with E-state index in [0.29, 0.717) is 24.2 Å². The molecular formula is C21H20BrN3O5S. The minimum Gasteiger partial charge on any atom is -0.326 e. The molecule has 1 aliphatic carbocycles. The Morgan fingerprint density at radius 2 is 1.68 bits per heavy atom. The van der Waals surface area contributed by atoms with E-state index in [1.54, 1.807) is 24.3 Å². The highest BCUT2D eigenvalue weighted by Crippen LogP contribution is 2.38. The summed E-state index contributed by atoms with van der Waals surface area (Å²) in [5, 5.41) is 2.59. The molecule has 0 aromatic heterocycles. The summed E-state index contributed by atoms with van der Waals surface area (Å²) in [6.45, 7) is 1.36. The van der Waals surface area contributed by atoms with Crippen LogP contribution in [0.4, 0.5) is 11.4 Å². The van der Waals surface area contributed by atoms with Crippen molar-refractivity contribution in [2.75, 3.05) is 10.2 Å². The van der Waals surface area contributed by atoms with Crippen LogP contribution in [0.2, 0.25) is 0 Å². The number of rotatable bonds is 6. The van der Waals surface area contributed by atoms with Crippen LogP contribution in [0, 0.1) is 0 Å². The Balaban J connectivity index is 1.64. The maximum Gasteiger partial charge on any atom is 0.252 e. The van der Waals surface area contributed by atoms with Crippen molar-refractivity contribution in [3.63, 3.8) is 0 Å². The van der Waals surface area contributed by atoms with Gasteiger partial charge in [-0.15, -0.1) is 0 Å². The van der Waals surface area contributed by atoms with E-state index in [-0.39, 0.29) is 23.3 Å². The Morgan fingerprint density at radius 1 is 1.06 bits per heavy atom. The zero-order valence-corrected chi connectivity index (χ0v) is 19.0. The van der Waals surface area contributed by atoms with Gasteiger partial charge in [-0.25, -0.2) is 13.3 Å². The van der Waals surface area contributed by atoms with Gasteiger partial charge in [-0.1, -0.05) is 15.9 Å². The highest BCUT2D eigenvalue weighted by atomic mass is 79.9. The molecule has 1 unspecified atom stereocenters. The second kappa shape index (κ2) is 8.18. The lowest BCUT2D eigenvalue weighted by atomic mass is 10.2. The molecule has 1 heterocycles. The molecule has 2 fully saturated rings. The van der Waals surface area contributed by atoms with Gasteiger partial charge >= 0.3 is 0 Å². The number of nitrogens with zero attached hydrogens (tertiary/aromatic N) is 2. The van der Waals surface area contributed by atoms with Crippen molar-refractivity contribution in [3.8, 4) is 0 Å². The van der Waals surface area contributed by atoms with Gasteiger partial charge in [0.05, 0.1) is 17.0 Å². The van der Waals surface area contributed by atoms with Crippen LogP contribution in [0.3, 0.4) is 0 Å². The first-order chi connectivity index (χ1) is 14.7. The minimum atomic E-state index is -4.02. The second-order valence-electron chi connectivity index (χ2n) is 7.54. The van der Waals surface area contributed by atoms with Crippen LogP contribution in [-0.2, 0) is 24.4 Å². The van der Waals surface area contributed by atoms with E-state index >= 15 is 0 Å². The summed E-state index contributed by atoms with van der Waals surface area (Å²) in [7, 11) is -4.02. The third-order valence-electron chi connectivity index (χ3n) is 5.17. The normalized spacial score (nSPS) is 19.2. The van der Waals surface area contributed by atoms with Crippen LogP contribution in [0.5, 0.6) is 0 Å². The van der Waals surface area contributed by atoms with Crippen molar-refractivity contribution in [1.29, 1.82) is 0 Å². The van der Waals surface area contributed by atoms with E-state index < -0.39 is 27.9 Å². The highest BCUT2D eigenvalue weighted by molar-refractivity contribution is 9.10. The lowest BCUT2D eigenvalue weighted by Gasteiger charge is -2.26. The Morgan fingerprint density at radius 3 is 2.23 bits per heavy atom. The number of benzene rings is 2. The summed E-state index contributed by atoms with van der Waals surface area (Å²) in [6.07, 6.45) is 1.08. The van der Waals surface area contributed by atoms with Crippen molar-refractivity contribution in [3.05, 3.63) is 53.0 Å². The Labute approximate surface area is 188 Å². The molecule has 162 valence electrons. The zero-order valence-electron chi connectivity index (χ0n) is 16.6. The molecule has 10 heteroatoms. The molecule has 3 amide bonds. The Kier molecular flexibility index (Phi) is 5.71. The van der Waals surface area contributed by atoms with E-state index in [4.69, 9.17) is 0 Å². The first-order valence-electron chi connectivity index (χ1n) is 9.72. The van der Waals surface area contributed by atoms with Gasteiger partial charge < -0.3 is 5.32 Å². The molecule has 1 aliphatic heterocycles. The molecule has 31 heavy (non-hydrogen) atoms. The van der Waals surface area contributed by atoms with E-state index in [0.717, 1.165) is 9.37 Å². The number of carbonyl (C=O) groups excluding carboxylic acids is 3. The van der Waals surface area contributed by atoms with Gasteiger partial charge in [0.1, 0.15) is 6.04 Å². The molecule has 4 rings (SSSR count). The van der Waals surface area contributed by atoms with E-state index in [9.17, 15) is 22.8 Å². The lowest BCUT2D eigenvalue weighted by Crippen LogP contribution is -2.46.